The van der Waals surface area contributed by atoms with E-state index in [1.54, 1.807) is 0 Å². The highest BCUT2D eigenvalue weighted by Crippen LogP contribution is 2.26. The van der Waals surface area contributed by atoms with Gasteiger partial charge < -0.3 is 9.88 Å². The molecule has 0 bridgehead atoms. The molecule has 2 aromatic rings. The molecule has 1 unspecified atom stereocenters. The van der Waals surface area contributed by atoms with Crippen molar-refractivity contribution in [2.24, 2.45) is 5.92 Å². The summed E-state index contributed by atoms with van der Waals surface area (Å²) < 4.78 is 2.07. The first-order valence-corrected chi connectivity index (χ1v) is 11.4. The van der Waals surface area contributed by atoms with Gasteiger partial charge in [0.05, 0.1) is 17.4 Å². The molecule has 6 heteroatoms. The summed E-state index contributed by atoms with van der Waals surface area (Å²) in [5.74, 6) is 3.38. The lowest BCUT2D eigenvalue weighted by molar-refractivity contribution is -0.121. The van der Waals surface area contributed by atoms with Crippen molar-refractivity contribution >= 4 is 28.7 Å². The highest BCUT2D eigenvalue weighted by molar-refractivity contribution is 7.99. The van der Waals surface area contributed by atoms with E-state index in [2.05, 4.69) is 37.6 Å². The molecule has 1 N–H and O–H groups in total. The smallest absolute Gasteiger partial charge is 0.221 e. The third-order valence-electron chi connectivity index (χ3n) is 5.95. The van der Waals surface area contributed by atoms with Crippen LogP contribution in [-0.4, -0.2) is 57.5 Å². The molecule has 2 aliphatic rings. The fourth-order valence-electron chi connectivity index (χ4n) is 4.40. The van der Waals surface area contributed by atoms with Gasteiger partial charge in [0.15, 0.2) is 0 Å². The molecule has 0 saturated carbocycles. The number of imidazole rings is 1. The van der Waals surface area contributed by atoms with Crippen molar-refractivity contribution in [3.8, 4) is 0 Å². The molecule has 4 rings (SSSR count). The van der Waals surface area contributed by atoms with Crippen molar-refractivity contribution in [1.82, 2.24) is 19.8 Å². The van der Waals surface area contributed by atoms with Gasteiger partial charge >= 0.3 is 0 Å². The number of thioether (sulfide) groups is 1. The van der Waals surface area contributed by atoms with E-state index in [4.69, 9.17) is 0 Å². The quantitative estimate of drug-likeness (QED) is 0.829. The molecule has 5 nitrogen and oxygen atoms in total. The molecule has 3 heterocycles. The van der Waals surface area contributed by atoms with Crippen LogP contribution in [-0.2, 0) is 11.3 Å². The van der Waals surface area contributed by atoms with Gasteiger partial charge in [0.25, 0.3) is 0 Å². The molecule has 0 aliphatic carbocycles. The number of likely N-dealkylation sites (tertiary alicyclic amines) is 1. The number of hydrogen-bond donors (Lipinski definition) is 1. The zero-order valence-corrected chi connectivity index (χ0v) is 16.8. The second-order valence-corrected chi connectivity index (χ2v) is 9.05. The number of aryl methyl sites for hydroxylation is 1. The standard InChI is InChI=1S/C21H30N4OS/c26-21(7-11-25-16-23-19-5-1-2-6-20(19)25)22-14-17-4-3-10-24(15-17)18-8-12-27-13-9-18/h1-2,5-6,16-18H,3-4,7-15H2,(H,22,26). The Kier molecular flexibility index (Phi) is 6.35. The van der Waals surface area contributed by atoms with Crippen LogP contribution in [0.25, 0.3) is 11.0 Å². The van der Waals surface area contributed by atoms with Crippen LogP contribution >= 0.6 is 11.8 Å². The molecule has 0 radical (unpaired) electrons. The van der Waals surface area contributed by atoms with Crippen molar-refractivity contribution in [3.63, 3.8) is 0 Å². The SMILES string of the molecule is O=C(CCn1cnc2ccccc21)NCC1CCCN(C2CCSCC2)C1. The molecule has 1 atom stereocenters. The third kappa shape index (κ3) is 4.85. The number of fused-ring (bicyclic) bond motifs is 1. The van der Waals surface area contributed by atoms with Crippen molar-refractivity contribution in [1.29, 1.82) is 0 Å². The molecular formula is C21H30N4OS. The topological polar surface area (TPSA) is 50.2 Å². The molecule has 2 aliphatic heterocycles. The Hall–Kier alpha value is -1.53. The van der Waals surface area contributed by atoms with Crippen LogP contribution in [0.3, 0.4) is 0 Å². The van der Waals surface area contributed by atoms with E-state index >= 15 is 0 Å². The lowest BCUT2D eigenvalue weighted by atomic mass is 9.95. The van der Waals surface area contributed by atoms with Crippen molar-refractivity contribution in [2.45, 2.75) is 44.7 Å². The monoisotopic (exact) mass is 386 g/mol. The van der Waals surface area contributed by atoms with Crippen molar-refractivity contribution in [3.05, 3.63) is 30.6 Å². The van der Waals surface area contributed by atoms with Crippen LogP contribution in [0.1, 0.15) is 32.1 Å². The average molecular weight is 387 g/mol. The summed E-state index contributed by atoms with van der Waals surface area (Å²) in [6.07, 6.45) is 7.52. The first kappa shape index (κ1) is 18.8. The lowest BCUT2D eigenvalue weighted by Gasteiger charge is -2.40. The Morgan fingerprint density at radius 3 is 2.96 bits per heavy atom. The van der Waals surface area contributed by atoms with Crippen LogP contribution in [0.4, 0.5) is 0 Å². The predicted molar refractivity (Wildman–Crippen MR) is 112 cm³/mol. The van der Waals surface area contributed by atoms with E-state index in [0.717, 1.165) is 30.2 Å². The van der Waals surface area contributed by atoms with Gasteiger partial charge in [-0.15, -0.1) is 0 Å². The number of piperidine rings is 1. The second kappa shape index (κ2) is 9.11. The summed E-state index contributed by atoms with van der Waals surface area (Å²) in [6.45, 7) is 3.90. The van der Waals surface area contributed by atoms with Crippen molar-refractivity contribution in [2.75, 3.05) is 31.1 Å². The van der Waals surface area contributed by atoms with E-state index in [1.165, 1.54) is 43.7 Å². The Labute approximate surface area is 165 Å². The van der Waals surface area contributed by atoms with Gasteiger partial charge in [-0.3, -0.25) is 9.69 Å². The van der Waals surface area contributed by atoms with Crippen LogP contribution < -0.4 is 5.32 Å². The van der Waals surface area contributed by atoms with Gasteiger partial charge in [-0.1, -0.05) is 12.1 Å². The molecule has 1 amide bonds. The number of hydrogen-bond acceptors (Lipinski definition) is 4. The lowest BCUT2D eigenvalue weighted by Crippen LogP contribution is -2.46. The minimum Gasteiger partial charge on any atom is -0.356 e. The molecule has 1 aromatic heterocycles. The number of amides is 1. The normalized spacial score (nSPS) is 22.1. The van der Waals surface area contributed by atoms with E-state index in [1.807, 2.05) is 24.5 Å². The highest BCUT2D eigenvalue weighted by atomic mass is 32.2. The Morgan fingerprint density at radius 2 is 2.07 bits per heavy atom. The van der Waals surface area contributed by atoms with Gasteiger partial charge in [-0.05, 0) is 61.8 Å². The summed E-state index contributed by atoms with van der Waals surface area (Å²) in [6, 6.07) is 8.85. The Morgan fingerprint density at radius 1 is 1.22 bits per heavy atom. The van der Waals surface area contributed by atoms with E-state index in [0.29, 0.717) is 18.9 Å². The minimum absolute atomic E-state index is 0.152. The van der Waals surface area contributed by atoms with Gasteiger partial charge in [0, 0.05) is 32.1 Å². The van der Waals surface area contributed by atoms with Gasteiger partial charge in [-0.2, -0.15) is 11.8 Å². The summed E-state index contributed by atoms with van der Waals surface area (Å²) in [4.78, 5) is 19.4. The molecule has 27 heavy (non-hydrogen) atoms. The Balaban J connectivity index is 1.22. The maximum absolute atomic E-state index is 12.3. The third-order valence-corrected chi connectivity index (χ3v) is 7.00. The maximum Gasteiger partial charge on any atom is 0.221 e. The van der Waals surface area contributed by atoms with Crippen LogP contribution in [0.15, 0.2) is 30.6 Å². The zero-order chi connectivity index (χ0) is 18.5. The largest absolute Gasteiger partial charge is 0.356 e. The molecule has 0 spiro atoms. The van der Waals surface area contributed by atoms with Gasteiger partial charge in [0.1, 0.15) is 0 Å². The van der Waals surface area contributed by atoms with Gasteiger partial charge in [0.2, 0.25) is 5.91 Å². The fourth-order valence-corrected chi connectivity index (χ4v) is 5.48. The molecule has 146 valence electrons. The first-order chi connectivity index (χ1) is 13.3. The minimum atomic E-state index is 0.152. The number of benzene rings is 1. The van der Waals surface area contributed by atoms with Gasteiger partial charge in [-0.25, -0.2) is 4.98 Å². The molecular weight excluding hydrogens is 356 g/mol. The summed E-state index contributed by atoms with van der Waals surface area (Å²) >= 11 is 2.09. The van der Waals surface area contributed by atoms with E-state index in [9.17, 15) is 4.79 Å². The summed E-state index contributed by atoms with van der Waals surface area (Å²) in [5, 5.41) is 3.18. The number of rotatable bonds is 6. The zero-order valence-electron chi connectivity index (χ0n) is 16.0. The van der Waals surface area contributed by atoms with Crippen LogP contribution in [0, 0.1) is 5.92 Å². The van der Waals surface area contributed by atoms with E-state index in [-0.39, 0.29) is 5.91 Å². The summed E-state index contributed by atoms with van der Waals surface area (Å²) in [7, 11) is 0. The van der Waals surface area contributed by atoms with E-state index < -0.39 is 0 Å². The molecule has 1 aromatic carbocycles. The van der Waals surface area contributed by atoms with Crippen molar-refractivity contribution < 1.29 is 4.79 Å². The fraction of sp³-hybridized carbons (Fsp3) is 0.619. The number of carbonyl (C=O) groups excluding carboxylic acids is 1. The number of nitrogens with zero attached hydrogens (tertiary/aromatic N) is 3. The number of para-hydroxylation sites is 2. The predicted octanol–water partition coefficient (Wildman–Crippen LogP) is 3.15. The Bertz CT molecular complexity index is 755. The average Bonchev–Trinajstić information content (AvgIpc) is 3.15. The van der Waals surface area contributed by atoms with Crippen LogP contribution in [0.2, 0.25) is 0 Å². The summed E-state index contributed by atoms with van der Waals surface area (Å²) in [5.41, 5.74) is 2.08. The molecule has 2 saturated heterocycles. The number of aromatic nitrogens is 2. The molecule has 2 fully saturated rings. The highest BCUT2D eigenvalue weighted by Gasteiger charge is 2.27. The number of nitrogens with one attached hydrogen (secondary N) is 1. The second-order valence-electron chi connectivity index (χ2n) is 7.83. The maximum atomic E-state index is 12.3. The number of carbonyl (C=O) groups is 1. The first-order valence-electron chi connectivity index (χ1n) is 10.3. The van der Waals surface area contributed by atoms with Crippen LogP contribution in [0.5, 0.6) is 0 Å².